The highest BCUT2D eigenvalue weighted by atomic mass is 32.2. The van der Waals surface area contributed by atoms with Gasteiger partial charge < -0.3 is 19.6 Å². The molecule has 0 aliphatic carbocycles. The van der Waals surface area contributed by atoms with Crippen molar-refractivity contribution in [3.63, 3.8) is 0 Å². The van der Waals surface area contributed by atoms with E-state index in [4.69, 9.17) is 4.74 Å². The second-order valence-corrected chi connectivity index (χ2v) is 12.9. The maximum Gasteiger partial charge on any atom is 0.257 e. The first-order chi connectivity index (χ1) is 17.7. The van der Waals surface area contributed by atoms with Crippen LogP contribution in [0.15, 0.2) is 24.3 Å². The fourth-order valence-corrected chi connectivity index (χ4v) is 6.74. The molecule has 4 heterocycles. The van der Waals surface area contributed by atoms with Crippen molar-refractivity contribution < 1.29 is 27.9 Å². The molecule has 206 valence electrons. The van der Waals surface area contributed by atoms with Crippen LogP contribution in [0.2, 0.25) is 0 Å². The standard InChI is InChI=1S/C27H41N3O6S/c1-37(34,35)30-14-8-22(9-15-30)20-25(32)28-13-5-4-10-27(21-31)11-16-29(17-12-27)26(33)23-6-2-3-7-24(23)36-19-18-28/h2-3,6-7,22,31H,4-5,8-21H2,1H3. The van der Waals surface area contributed by atoms with E-state index in [0.29, 0.717) is 76.5 Å². The summed E-state index contributed by atoms with van der Waals surface area (Å²) in [5.74, 6) is 0.717. The Bertz CT molecular complexity index is 1050. The number of amides is 2. The van der Waals surface area contributed by atoms with Crippen LogP contribution in [0.1, 0.15) is 61.7 Å². The molecule has 10 heteroatoms. The zero-order valence-corrected chi connectivity index (χ0v) is 22.8. The molecule has 1 N–H and O–H groups in total. The van der Waals surface area contributed by atoms with Gasteiger partial charge in [-0.15, -0.1) is 0 Å². The fourth-order valence-electron chi connectivity index (χ4n) is 5.86. The lowest BCUT2D eigenvalue weighted by molar-refractivity contribution is -0.133. The Morgan fingerprint density at radius 2 is 1.73 bits per heavy atom. The predicted molar refractivity (Wildman–Crippen MR) is 141 cm³/mol. The van der Waals surface area contributed by atoms with Crippen LogP contribution in [0.4, 0.5) is 0 Å². The van der Waals surface area contributed by atoms with E-state index < -0.39 is 10.0 Å². The van der Waals surface area contributed by atoms with Gasteiger partial charge in [0, 0.05) is 45.8 Å². The van der Waals surface area contributed by atoms with Crippen molar-refractivity contribution in [2.24, 2.45) is 11.3 Å². The number of ether oxygens (including phenoxy) is 1. The minimum absolute atomic E-state index is 0.0506. The number of aliphatic hydroxyl groups excluding tert-OH is 1. The molecule has 1 aromatic carbocycles. The third-order valence-corrected chi connectivity index (χ3v) is 9.73. The van der Waals surface area contributed by atoms with Crippen molar-refractivity contribution >= 4 is 21.8 Å². The lowest BCUT2D eigenvalue weighted by Gasteiger charge is -2.41. The number of carbonyl (C=O) groups excluding carboxylic acids is 2. The Kier molecular flexibility index (Phi) is 9.13. The number of hydrogen-bond acceptors (Lipinski definition) is 6. The zero-order valence-electron chi connectivity index (χ0n) is 21.9. The van der Waals surface area contributed by atoms with Crippen LogP contribution in [-0.2, 0) is 14.8 Å². The first-order valence-corrected chi connectivity index (χ1v) is 15.4. The molecule has 0 radical (unpaired) electrons. The summed E-state index contributed by atoms with van der Waals surface area (Å²) in [5.41, 5.74) is 0.361. The number of nitrogens with zero attached hydrogens (tertiary/aromatic N) is 3. The Hall–Kier alpha value is -2.17. The summed E-state index contributed by atoms with van der Waals surface area (Å²) in [6, 6.07) is 7.27. The predicted octanol–water partition coefficient (Wildman–Crippen LogP) is 2.35. The molecule has 9 nitrogen and oxygen atoms in total. The Labute approximate surface area is 220 Å². The lowest BCUT2D eigenvalue weighted by atomic mass is 9.75. The van der Waals surface area contributed by atoms with Gasteiger partial charge in [-0.25, -0.2) is 12.7 Å². The molecule has 0 atom stereocenters. The Morgan fingerprint density at radius 1 is 1.03 bits per heavy atom. The quantitative estimate of drug-likeness (QED) is 0.634. The van der Waals surface area contributed by atoms with Crippen LogP contribution in [-0.4, -0.2) is 98.2 Å². The van der Waals surface area contributed by atoms with Gasteiger partial charge >= 0.3 is 0 Å². The highest BCUT2D eigenvalue weighted by Crippen LogP contribution is 2.37. The average Bonchev–Trinajstić information content (AvgIpc) is 2.90. The van der Waals surface area contributed by atoms with Crippen LogP contribution < -0.4 is 4.74 Å². The van der Waals surface area contributed by atoms with Crippen LogP contribution in [0, 0.1) is 11.3 Å². The van der Waals surface area contributed by atoms with E-state index in [0.717, 1.165) is 32.1 Å². The van der Waals surface area contributed by atoms with E-state index in [2.05, 4.69) is 0 Å². The lowest BCUT2D eigenvalue weighted by Crippen LogP contribution is -2.44. The largest absolute Gasteiger partial charge is 0.491 e. The SMILES string of the molecule is CS(=O)(=O)N1CCC(CC(=O)N2CCCCC3(CO)CCN(CC3)C(=O)c3ccccc3OCC2)CC1. The third kappa shape index (κ3) is 7.03. The minimum atomic E-state index is -3.19. The summed E-state index contributed by atoms with van der Waals surface area (Å²) in [5, 5.41) is 10.2. The third-order valence-electron chi connectivity index (χ3n) is 8.43. The number of sulfonamides is 1. The normalized spacial score (nSPS) is 22.6. The molecule has 0 spiro atoms. The highest BCUT2D eigenvalue weighted by Gasteiger charge is 2.36. The maximum atomic E-state index is 13.3. The van der Waals surface area contributed by atoms with E-state index in [1.54, 1.807) is 12.1 Å². The number of aliphatic hydroxyl groups is 1. The molecule has 0 aromatic heterocycles. The number of para-hydroxylation sites is 1. The van der Waals surface area contributed by atoms with Crippen molar-refractivity contribution in [1.82, 2.24) is 14.1 Å². The molecule has 4 aliphatic rings. The molecule has 0 unspecified atom stereocenters. The number of fused-ring (bicyclic) bond motifs is 9. The summed E-state index contributed by atoms with van der Waals surface area (Å²) in [6.07, 6.45) is 7.19. The van der Waals surface area contributed by atoms with Gasteiger partial charge in [0.05, 0.1) is 18.4 Å². The van der Waals surface area contributed by atoms with Gasteiger partial charge in [0.15, 0.2) is 0 Å². The van der Waals surface area contributed by atoms with Crippen LogP contribution in [0.5, 0.6) is 5.75 Å². The highest BCUT2D eigenvalue weighted by molar-refractivity contribution is 7.88. The second kappa shape index (κ2) is 12.1. The molecule has 1 aromatic rings. The Balaban J connectivity index is 1.44. The molecule has 37 heavy (non-hydrogen) atoms. The van der Waals surface area contributed by atoms with E-state index in [1.165, 1.54) is 10.6 Å². The molecule has 2 fully saturated rings. The molecule has 0 saturated carbocycles. The van der Waals surface area contributed by atoms with Gasteiger partial charge in [-0.2, -0.15) is 0 Å². The molecular weight excluding hydrogens is 494 g/mol. The van der Waals surface area contributed by atoms with Crippen LogP contribution in [0.25, 0.3) is 0 Å². The van der Waals surface area contributed by atoms with E-state index in [-0.39, 0.29) is 29.8 Å². The summed E-state index contributed by atoms with van der Waals surface area (Å²) < 4.78 is 31.2. The summed E-state index contributed by atoms with van der Waals surface area (Å²) in [6.45, 7) is 3.63. The van der Waals surface area contributed by atoms with Crippen molar-refractivity contribution in [2.45, 2.75) is 51.4 Å². The van der Waals surface area contributed by atoms with Crippen molar-refractivity contribution in [3.05, 3.63) is 29.8 Å². The van der Waals surface area contributed by atoms with Crippen molar-refractivity contribution in [2.75, 3.05) is 58.7 Å². The summed E-state index contributed by atoms with van der Waals surface area (Å²) >= 11 is 0. The molecule has 5 rings (SSSR count). The number of carbonyl (C=O) groups is 2. The number of rotatable bonds is 4. The smallest absolute Gasteiger partial charge is 0.257 e. The first kappa shape index (κ1) is 27.9. The summed E-state index contributed by atoms with van der Waals surface area (Å²) in [7, 11) is -3.19. The molecule has 2 bridgehead atoms. The van der Waals surface area contributed by atoms with Gasteiger partial charge in [-0.05, 0) is 62.0 Å². The van der Waals surface area contributed by atoms with Gasteiger partial charge in [-0.3, -0.25) is 9.59 Å². The number of benzene rings is 1. The maximum absolute atomic E-state index is 13.3. The molecule has 4 aliphatic heterocycles. The van der Waals surface area contributed by atoms with Gasteiger partial charge in [0.1, 0.15) is 12.4 Å². The number of piperidine rings is 2. The average molecular weight is 536 g/mol. The van der Waals surface area contributed by atoms with Gasteiger partial charge in [0.2, 0.25) is 15.9 Å². The molecule has 2 saturated heterocycles. The van der Waals surface area contributed by atoms with Gasteiger partial charge in [0.25, 0.3) is 5.91 Å². The molecular formula is C27H41N3O6S. The first-order valence-electron chi connectivity index (χ1n) is 13.6. The monoisotopic (exact) mass is 535 g/mol. The van der Waals surface area contributed by atoms with Gasteiger partial charge in [-0.1, -0.05) is 18.6 Å². The van der Waals surface area contributed by atoms with E-state index >= 15 is 0 Å². The van der Waals surface area contributed by atoms with E-state index in [1.807, 2.05) is 21.9 Å². The fraction of sp³-hybridized carbons (Fsp3) is 0.704. The van der Waals surface area contributed by atoms with E-state index in [9.17, 15) is 23.1 Å². The zero-order chi connectivity index (χ0) is 26.5. The van der Waals surface area contributed by atoms with Crippen molar-refractivity contribution in [3.8, 4) is 5.75 Å². The summed E-state index contributed by atoms with van der Waals surface area (Å²) in [4.78, 5) is 30.3. The van der Waals surface area contributed by atoms with Crippen LogP contribution >= 0.6 is 0 Å². The molecule has 2 amide bonds. The second-order valence-electron chi connectivity index (χ2n) is 10.9. The van der Waals surface area contributed by atoms with Crippen molar-refractivity contribution in [1.29, 1.82) is 0 Å². The Morgan fingerprint density at radius 3 is 2.41 bits per heavy atom. The van der Waals surface area contributed by atoms with Crippen LogP contribution in [0.3, 0.4) is 0 Å². The minimum Gasteiger partial charge on any atom is -0.491 e. The number of hydrogen-bond donors (Lipinski definition) is 1. The topological polar surface area (TPSA) is 107 Å².